The van der Waals surface area contributed by atoms with Crippen molar-refractivity contribution in [3.63, 3.8) is 0 Å². The molecule has 3 rings (SSSR count). The number of carbonyl (C=O) groups excluding carboxylic acids is 1. The van der Waals surface area contributed by atoms with Crippen molar-refractivity contribution in [3.8, 4) is 0 Å². The number of nitrogens with zero attached hydrogens (tertiary/aromatic N) is 2. The number of esters is 1. The zero-order valence-electron chi connectivity index (χ0n) is 14.0. The number of para-hydroxylation sites is 1. The van der Waals surface area contributed by atoms with Crippen molar-refractivity contribution in [2.24, 2.45) is 0 Å². The van der Waals surface area contributed by atoms with Gasteiger partial charge in [-0.3, -0.25) is 0 Å². The topological polar surface area (TPSA) is 76.1 Å². The van der Waals surface area contributed by atoms with Gasteiger partial charge in [-0.25, -0.2) is 14.8 Å². The van der Waals surface area contributed by atoms with E-state index < -0.39 is 0 Å². The van der Waals surface area contributed by atoms with Crippen molar-refractivity contribution in [3.05, 3.63) is 72.1 Å². The number of hydrogen-bond donors (Lipinski definition) is 2. The largest absolute Gasteiger partial charge is 0.465 e. The fourth-order valence-electron chi connectivity index (χ4n) is 2.33. The Balaban J connectivity index is 1.78. The van der Waals surface area contributed by atoms with Gasteiger partial charge in [-0.2, -0.15) is 0 Å². The summed E-state index contributed by atoms with van der Waals surface area (Å²) in [7, 11) is 1.36. The molecule has 0 unspecified atom stereocenters. The van der Waals surface area contributed by atoms with Gasteiger partial charge in [0.25, 0.3) is 0 Å². The Morgan fingerprint density at radius 1 is 0.960 bits per heavy atom. The van der Waals surface area contributed by atoms with Gasteiger partial charge in [-0.05, 0) is 36.8 Å². The van der Waals surface area contributed by atoms with Crippen LogP contribution in [0.4, 0.5) is 23.0 Å². The van der Waals surface area contributed by atoms with Crippen LogP contribution in [0.1, 0.15) is 15.9 Å². The molecule has 0 aliphatic rings. The van der Waals surface area contributed by atoms with Crippen molar-refractivity contribution in [2.45, 2.75) is 6.92 Å². The Bertz CT molecular complexity index is 896. The van der Waals surface area contributed by atoms with Crippen molar-refractivity contribution in [1.82, 2.24) is 9.97 Å². The van der Waals surface area contributed by atoms with E-state index in [9.17, 15) is 4.79 Å². The molecule has 2 N–H and O–H groups in total. The first-order valence-electron chi connectivity index (χ1n) is 7.76. The zero-order chi connectivity index (χ0) is 17.6. The summed E-state index contributed by atoms with van der Waals surface area (Å²) in [5.41, 5.74) is 3.32. The van der Waals surface area contributed by atoms with Crippen LogP contribution >= 0.6 is 0 Å². The number of methoxy groups -OCH3 is 1. The number of carbonyl (C=O) groups is 1. The van der Waals surface area contributed by atoms with E-state index in [0.29, 0.717) is 17.2 Å². The summed E-state index contributed by atoms with van der Waals surface area (Å²) < 4.78 is 4.74. The number of benzene rings is 2. The second-order valence-corrected chi connectivity index (χ2v) is 5.43. The Morgan fingerprint density at radius 2 is 1.72 bits per heavy atom. The van der Waals surface area contributed by atoms with Gasteiger partial charge < -0.3 is 15.4 Å². The quantitative estimate of drug-likeness (QED) is 0.685. The number of hydrogen-bond acceptors (Lipinski definition) is 6. The number of aryl methyl sites for hydroxylation is 1. The molecule has 0 fully saturated rings. The van der Waals surface area contributed by atoms with Crippen molar-refractivity contribution < 1.29 is 9.53 Å². The molecule has 6 nitrogen and oxygen atoms in total. The third kappa shape index (κ3) is 4.11. The van der Waals surface area contributed by atoms with E-state index in [1.165, 1.54) is 13.4 Å². The monoisotopic (exact) mass is 334 g/mol. The number of aromatic nitrogens is 2. The van der Waals surface area contributed by atoms with Gasteiger partial charge in [0.1, 0.15) is 18.0 Å². The first kappa shape index (κ1) is 16.4. The molecule has 0 aliphatic heterocycles. The number of nitrogens with one attached hydrogen (secondary N) is 2. The lowest BCUT2D eigenvalue weighted by Crippen LogP contribution is -2.03. The smallest absolute Gasteiger partial charge is 0.337 e. The van der Waals surface area contributed by atoms with Crippen molar-refractivity contribution in [1.29, 1.82) is 0 Å². The van der Waals surface area contributed by atoms with Crippen LogP contribution in [0.3, 0.4) is 0 Å². The molecule has 0 radical (unpaired) electrons. The molecule has 6 heteroatoms. The summed E-state index contributed by atoms with van der Waals surface area (Å²) in [6, 6.07) is 16.8. The minimum absolute atomic E-state index is 0.381. The van der Waals surface area contributed by atoms with Crippen LogP contribution in [0.15, 0.2) is 60.9 Å². The van der Waals surface area contributed by atoms with E-state index >= 15 is 0 Å². The second kappa shape index (κ2) is 7.44. The maximum absolute atomic E-state index is 11.6. The van der Waals surface area contributed by atoms with Gasteiger partial charge in [0.15, 0.2) is 0 Å². The maximum atomic E-state index is 11.6. The fourth-order valence-corrected chi connectivity index (χ4v) is 2.33. The molecule has 126 valence electrons. The Kier molecular flexibility index (Phi) is 4.89. The highest BCUT2D eigenvalue weighted by Gasteiger charge is 2.07. The molecule has 25 heavy (non-hydrogen) atoms. The van der Waals surface area contributed by atoms with Gasteiger partial charge in [0, 0.05) is 17.4 Å². The van der Waals surface area contributed by atoms with Crippen LogP contribution in [-0.4, -0.2) is 23.0 Å². The predicted molar refractivity (Wildman–Crippen MR) is 97.6 cm³/mol. The minimum Gasteiger partial charge on any atom is -0.465 e. The molecule has 0 saturated heterocycles. The minimum atomic E-state index is -0.381. The van der Waals surface area contributed by atoms with Gasteiger partial charge >= 0.3 is 5.97 Å². The van der Waals surface area contributed by atoms with Gasteiger partial charge in [0.05, 0.1) is 12.7 Å². The summed E-state index contributed by atoms with van der Waals surface area (Å²) in [6.07, 6.45) is 1.48. The van der Waals surface area contributed by atoms with Gasteiger partial charge in [-0.15, -0.1) is 0 Å². The summed E-state index contributed by atoms with van der Waals surface area (Å²) in [6.45, 7) is 2.03. The highest BCUT2D eigenvalue weighted by atomic mass is 16.5. The molecule has 0 spiro atoms. The van der Waals surface area contributed by atoms with E-state index in [2.05, 4.69) is 20.6 Å². The number of ether oxygens (including phenoxy) is 1. The van der Waals surface area contributed by atoms with E-state index in [1.807, 2.05) is 37.3 Å². The van der Waals surface area contributed by atoms with Crippen LogP contribution in [0.5, 0.6) is 0 Å². The molecule has 0 amide bonds. The summed E-state index contributed by atoms with van der Waals surface area (Å²) >= 11 is 0. The number of rotatable bonds is 5. The first-order chi connectivity index (χ1) is 12.2. The third-order valence-electron chi connectivity index (χ3n) is 3.63. The van der Waals surface area contributed by atoms with Gasteiger partial charge in [0.2, 0.25) is 0 Å². The SMILES string of the molecule is COC(=O)c1cccc(Nc2cc(Nc3ccccc3C)ncn2)c1. The normalized spacial score (nSPS) is 10.2. The van der Waals surface area contributed by atoms with Crippen LogP contribution in [0.2, 0.25) is 0 Å². The molecule has 2 aromatic carbocycles. The summed E-state index contributed by atoms with van der Waals surface area (Å²) in [5, 5.41) is 6.44. The average Bonchev–Trinajstić information content (AvgIpc) is 2.63. The average molecular weight is 334 g/mol. The Morgan fingerprint density at radius 3 is 2.48 bits per heavy atom. The highest BCUT2D eigenvalue weighted by Crippen LogP contribution is 2.22. The zero-order valence-corrected chi connectivity index (χ0v) is 14.0. The lowest BCUT2D eigenvalue weighted by Gasteiger charge is -2.11. The van der Waals surface area contributed by atoms with Gasteiger partial charge in [-0.1, -0.05) is 24.3 Å². The van der Waals surface area contributed by atoms with Crippen LogP contribution in [-0.2, 0) is 4.74 Å². The Hall–Kier alpha value is -3.41. The highest BCUT2D eigenvalue weighted by molar-refractivity contribution is 5.90. The molecule has 0 saturated carbocycles. The molecule has 0 aliphatic carbocycles. The van der Waals surface area contributed by atoms with E-state index in [-0.39, 0.29) is 5.97 Å². The summed E-state index contributed by atoms with van der Waals surface area (Å²) in [5.74, 6) is 0.914. The second-order valence-electron chi connectivity index (χ2n) is 5.43. The van der Waals surface area contributed by atoms with Crippen molar-refractivity contribution in [2.75, 3.05) is 17.7 Å². The fraction of sp³-hybridized carbons (Fsp3) is 0.105. The standard InChI is InChI=1S/C19H18N4O2/c1-13-6-3-4-9-16(13)23-18-11-17(20-12-21-18)22-15-8-5-7-14(10-15)19(24)25-2/h3-12H,1-2H3,(H2,20,21,22,23). The first-order valence-corrected chi connectivity index (χ1v) is 7.76. The molecule has 1 heterocycles. The summed E-state index contributed by atoms with van der Waals surface area (Å²) in [4.78, 5) is 20.1. The lowest BCUT2D eigenvalue weighted by molar-refractivity contribution is 0.0601. The molecular weight excluding hydrogens is 316 g/mol. The van der Waals surface area contributed by atoms with E-state index in [0.717, 1.165) is 16.9 Å². The van der Waals surface area contributed by atoms with Crippen molar-refractivity contribution >= 4 is 29.0 Å². The maximum Gasteiger partial charge on any atom is 0.337 e. The van der Waals surface area contributed by atoms with E-state index in [1.54, 1.807) is 24.3 Å². The number of anilines is 4. The Labute approximate surface area is 145 Å². The molecule has 3 aromatic rings. The lowest BCUT2D eigenvalue weighted by atomic mass is 10.2. The van der Waals surface area contributed by atoms with Crippen LogP contribution in [0, 0.1) is 6.92 Å². The van der Waals surface area contributed by atoms with E-state index in [4.69, 9.17) is 4.74 Å². The third-order valence-corrected chi connectivity index (χ3v) is 3.63. The van der Waals surface area contributed by atoms with Crippen LogP contribution in [0.25, 0.3) is 0 Å². The molecule has 1 aromatic heterocycles. The van der Waals surface area contributed by atoms with Crippen LogP contribution < -0.4 is 10.6 Å². The molecule has 0 atom stereocenters. The molecular formula is C19H18N4O2. The molecule has 0 bridgehead atoms. The predicted octanol–water partition coefficient (Wildman–Crippen LogP) is 4.06.